The Morgan fingerprint density at radius 3 is 2.70 bits per heavy atom. The van der Waals surface area contributed by atoms with Crippen molar-refractivity contribution >= 4 is 27.6 Å². The standard InChI is InChI=1S/C24H19NO3.C3H7FO/c1-14-12-16-4-2-3-5-17(16)23(19(14)13-21(26)27)18-6-7-20-22-15(9-11-28-20)8-10-25-24(18)22;1-3(5)2-4/h2-8,10,12H,9,11,13H2,1H3,(H,26,27);3,5H,2H2,1H3. The zero-order valence-electron chi connectivity index (χ0n) is 18.6. The maximum absolute atomic E-state index is 11.6. The van der Waals surface area contributed by atoms with Gasteiger partial charge in [0.1, 0.15) is 12.4 Å². The minimum atomic E-state index is -0.835. The molecule has 2 N–H and O–H groups in total. The molecule has 2 heterocycles. The Kier molecular flexibility index (Phi) is 6.56. The number of carboxylic acids is 1. The highest BCUT2D eigenvalue weighted by Crippen LogP contribution is 2.42. The molecule has 0 radical (unpaired) electrons. The summed E-state index contributed by atoms with van der Waals surface area (Å²) in [5.41, 5.74) is 5.84. The van der Waals surface area contributed by atoms with Crippen molar-refractivity contribution in [3.8, 4) is 16.9 Å². The number of nitrogens with zero attached hydrogens (tertiary/aromatic N) is 1. The molecule has 1 atom stereocenters. The molecule has 3 aromatic carbocycles. The van der Waals surface area contributed by atoms with E-state index in [1.807, 2.05) is 43.5 Å². The number of rotatable bonds is 4. The van der Waals surface area contributed by atoms with Crippen molar-refractivity contribution < 1.29 is 24.1 Å². The van der Waals surface area contributed by atoms with Crippen molar-refractivity contribution in [2.45, 2.75) is 32.8 Å². The first kappa shape index (κ1) is 22.7. The highest BCUT2D eigenvalue weighted by Gasteiger charge is 2.21. The summed E-state index contributed by atoms with van der Waals surface area (Å²) in [6.07, 6.45) is 1.89. The Hall–Kier alpha value is -3.51. The number of pyridine rings is 1. The van der Waals surface area contributed by atoms with Crippen molar-refractivity contribution in [1.82, 2.24) is 4.98 Å². The van der Waals surface area contributed by atoms with Crippen LogP contribution in [-0.4, -0.2) is 40.6 Å². The fourth-order valence-corrected chi connectivity index (χ4v) is 4.32. The summed E-state index contributed by atoms with van der Waals surface area (Å²) < 4.78 is 16.7. The van der Waals surface area contributed by atoms with Crippen molar-refractivity contribution in [2.24, 2.45) is 0 Å². The molecule has 1 aromatic heterocycles. The third-order valence-electron chi connectivity index (χ3n) is 5.77. The van der Waals surface area contributed by atoms with E-state index in [2.05, 4.69) is 18.2 Å². The van der Waals surface area contributed by atoms with E-state index >= 15 is 0 Å². The van der Waals surface area contributed by atoms with Crippen LogP contribution < -0.4 is 4.74 Å². The van der Waals surface area contributed by atoms with Gasteiger partial charge in [0.2, 0.25) is 0 Å². The molecule has 0 bridgehead atoms. The van der Waals surface area contributed by atoms with Crippen LogP contribution in [0.1, 0.15) is 23.6 Å². The number of aliphatic carboxylic acids is 1. The van der Waals surface area contributed by atoms with Crippen LogP contribution >= 0.6 is 0 Å². The van der Waals surface area contributed by atoms with Crippen molar-refractivity contribution in [1.29, 1.82) is 0 Å². The first-order valence-corrected chi connectivity index (χ1v) is 10.9. The number of hydrogen-bond acceptors (Lipinski definition) is 4. The summed E-state index contributed by atoms with van der Waals surface area (Å²) in [6, 6.07) is 16.2. The number of aromatic nitrogens is 1. The van der Waals surface area contributed by atoms with E-state index in [0.29, 0.717) is 6.61 Å². The molecule has 170 valence electrons. The lowest BCUT2D eigenvalue weighted by atomic mass is 9.87. The summed E-state index contributed by atoms with van der Waals surface area (Å²) in [5, 5.41) is 20.7. The molecule has 4 aromatic rings. The fraction of sp³-hybridized carbons (Fsp3) is 0.259. The number of alkyl halides is 1. The van der Waals surface area contributed by atoms with Crippen molar-refractivity contribution in [3.05, 3.63) is 71.4 Å². The van der Waals surface area contributed by atoms with E-state index in [4.69, 9.17) is 14.8 Å². The Morgan fingerprint density at radius 2 is 1.97 bits per heavy atom. The zero-order valence-corrected chi connectivity index (χ0v) is 18.6. The second-order valence-electron chi connectivity index (χ2n) is 8.25. The summed E-state index contributed by atoms with van der Waals surface area (Å²) >= 11 is 0. The van der Waals surface area contributed by atoms with E-state index in [0.717, 1.165) is 56.1 Å². The van der Waals surface area contributed by atoms with Gasteiger partial charge in [-0.3, -0.25) is 9.78 Å². The van der Waals surface area contributed by atoms with Crippen LogP contribution in [0, 0.1) is 6.92 Å². The number of carbonyl (C=O) groups is 1. The van der Waals surface area contributed by atoms with Crippen LogP contribution in [0.3, 0.4) is 0 Å². The van der Waals surface area contributed by atoms with Gasteiger partial charge in [0.15, 0.2) is 0 Å². The largest absolute Gasteiger partial charge is 0.493 e. The Labute approximate surface area is 191 Å². The molecule has 1 aliphatic rings. The van der Waals surface area contributed by atoms with E-state index in [9.17, 15) is 14.3 Å². The van der Waals surface area contributed by atoms with Crippen molar-refractivity contribution in [3.63, 3.8) is 0 Å². The van der Waals surface area contributed by atoms with Crippen LogP contribution in [0.4, 0.5) is 4.39 Å². The van der Waals surface area contributed by atoms with Gasteiger partial charge < -0.3 is 14.9 Å². The van der Waals surface area contributed by atoms with E-state index < -0.39 is 18.7 Å². The van der Waals surface area contributed by atoms with Gasteiger partial charge in [-0.15, -0.1) is 0 Å². The first-order valence-electron chi connectivity index (χ1n) is 10.9. The highest BCUT2D eigenvalue weighted by molar-refractivity contribution is 6.08. The molecule has 6 heteroatoms. The molecule has 5 nitrogen and oxygen atoms in total. The predicted octanol–water partition coefficient (Wildman–Crippen LogP) is 5.26. The van der Waals surface area contributed by atoms with Gasteiger partial charge >= 0.3 is 5.97 Å². The lowest BCUT2D eigenvalue weighted by molar-refractivity contribution is -0.136. The van der Waals surface area contributed by atoms with Gasteiger partial charge in [-0.05, 0) is 65.1 Å². The topological polar surface area (TPSA) is 79.7 Å². The van der Waals surface area contributed by atoms with Crippen LogP contribution in [0.2, 0.25) is 0 Å². The maximum Gasteiger partial charge on any atom is 0.307 e. The molecule has 0 fully saturated rings. The average molecular weight is 448 g/mol. The number of carboxylic acid groups (broad SMARTS) is 1. The van der Waals surface area contributed by atoms with Gasteiger partial charge in [0.05, 0.1) is 24.6 Å². The number of fused-ring (bicyclic) bond motifs is 1. The third-order valence-corrected chi connectivity index (χ3v) is 5.77. The van der Waals surface area contributed by atoms with Crippen LogP contribution in [0.5, 0.6) is 5.75 Å². The predicted molar refractivity (Wildman–Crippen MR) is 128 cm³/mol. The minimum Gasteiger partial charge on any atom is -0.493 e. The minimum absolute atomic E-state index is 0.0224. The van der Waals surface area contributed by atoms with Crippen LogP contribution in [0.15, 0.2) is 54.7 Å². The van der Waals surface area contributed by atoms with Gasteiger partial charge in [-0.25, -0.2) is 4.39 Å². The van der Waals surface area contributed by atoms with Gasteiger partial charge in [-0.2, -0.15) is 0 Å². The van der Waals surface area contributed by atoms with Crippen LogP contribution in [-0.2, 0) is 17.6 Å². The monoisotopic (exact) mass is 447 g/mol. The second-order valence-corrected chi connectivity index (χ2v) is 8.25. The van der Waals surface area contributed by atoms with E-state index in [1.54, 1.807) is 0 Å². The fourth-order valence-electron chi connectivity index (χ4n) is 4.32. The molecule has 0 aliphatic carbocycles. The third kappa shape index (κ3) is 4.52. The summed E-state index contributed by atoms with van der Waals surface area (Å²) in [5.74, 6) is 0.0171. The number of aliphatic hydroxyl groups is 1. The Bertz CT molecular complexity index is 1320. The zero-order chi connectivity index (χ0) is 23.5. The average Bonchev–Trinajstić information content (AvgIpc) is 2.81. The first-order chi connectivity index (χ1) is 15.9. The smallest absolute Gasteiger partial charge is 0.307 e. The summed E-state index contributed by atoms with van der Waals surface area (Å²) in [6.45, 7) is 3.42. The molecule has 33 heavy (non-hydrogen) atoms. The Morgan fingerprint density at radius 1 is 1.21 bits per heavy atom. The lowest BCUT2D eigenvalue weighted by Gasteiger charge is -2.21. The molecule has 0 saturated carbocycles. The Balaban J connectivity index is 0.000000471. The normalized spacial score (nSPS) is 13.2. The number of ether oxygens (including phenoxy) is 1. The summed E-state index contributed by atoms with van der Waals surface area (Å²) in [4.78, 5) is 16.3. The molecule has 0 spiro atoms. The highest BCUT2D eigenvalue weighted by atomic mass is 19.1. The number of halogens is 1. The number of aliphatic hydroxyl groups excluding tert-OH is 1. The van der Waals surface area contributed by atoms with E-state index in [1.165, 1.54) is 12.5 Å². The SMILES string of the molecule is CC(O)CF.Cc1cc2ccccc2c(-c2ccc3c4c(ccnc24)CCO3)c1CC(=O)O. The van der Waals surface area contributed by atoms with Gasteiger partial charge in [-0.1, -0.05) is 30.3 Å². The van der Waals surface area contributed by atoms with Gasteiger partial charge in [0.25, 0.3) is 0 Å². The number of benzene rings is 3. The maximum atomic E-state index is 11.6. The molecular formula is C27H26FNO4. The number of aryl methyl sites for hydroxylation is 1. The summed E-state index contributed by atoms with van der Waals surface area (Å²) in [7, 11) is 0. The second kappa shape index (κ2) is 9.55. The number of hydrogen-bond donors (Lipinski definition) is 2. The van der Waals surface area contributed by atoms with E-state index in [-0.39, 0.29) is 6.42 Å². The van der Waals surface area contributed by atoms with Crippen LogP contribution in [0.25, 0.3) is 32.8 Å². The quantitative estimate of drug-likeness (QED) is 0.446. The lowest BCUT2D eigenvalue weighted by Crippen LogP contribution is -2.10. The molecule has 1 unspecified atom stereocenters. The molecule has 0 saturated heterocycles. The van der Waals surface area contributed by atoms with Crippen molar-refractivity contribution in [2.75, 3.05) is 13.3 Å². The molecular weight excluding hydrogens is 421 g/mol. The molecule has 0 amide bonds. The molecule has 5 rings (SSSR count). The van der Waals surface area contributed by atoms with Gasteiger partial charge in [0, 0.05) is 23.6 Å². The molecule has 1 aliphatic heterocycles.